The molecule has 3 aromatic rings. The van der Waals surface area contributed by atoms with Crippen molar-refractivity contribution in [2.24, 2.45) is 0 Å². The van der Waals surface area contributed by atoms with Gasteiger partial charge in [-0.1, -0.05) is 55.9 Å². The second-order valence-electron chi connectivity index (χ2n) is 11.4. The van der Waals surface area contributed by atoms with E-state index < -0.39 is 0 Å². The van der Waals surface area contributed by atoms with Crippen LogP contribution in [-0.2, 0) is 0 Å². The van der Waals surface area contributed by atoms with Crippen LogP contribution in [0.25, 0.3) is 11.4 Å². The topological polar surface area (TPSA) is 64.9 Å². The lowest BCUT2D eigenvalue weighted by atomic mass is 9.80. The summed E-state index contributed by atoms with van der Waals surface area (Å²) in [6.45, 7) is 4.06. The molecule has 3 heterocycles. The van der Waals surface area contributed by atoms with Crippen LogP contribution in [0.15, 0.2) is 36.4 Å². The van der Waals surface area contributed by atoms with Crippen LogP contribution in [0.2, 0.25) is 0 Å². The van der Waals surface area contributed by atoms with Gasteiger partial charge >= 0.3 is 0 Å². The summed E-state index contributed by atoms with van der Waals surface area (Å²) in [6, 6.07) is 13.5. The summed E-state index contributed by atoms with van der Waals surface area (Å²) < 4.78 is 8.62. The summed E-state index contributed by atoms with van der Waals surface area (Å²) >= 11 is 0. The summed E-state index contributed by atoms with van der Waals surface area (Å²) in [5.74, 6) is 2.90. The molecule has 1 aromatic carbocycles. The van der Waals surface area contributed by atoms with Crippen LogP contribution in [0.5, 0.6) is 11.6 Å². The molecule has 6 nitrogen and oxygen atoms in total. The van der Waals surface area contributed by atoms with Crippen LogP contribution in [0.1, 0.15) is 112 Å². The quantitative estimate of drug-likeness (QED) is 0.381. The lowest BCUT2D eigenvalue weighted by Gasteiger charge is -2.26. The van der Waals surface area contributed by atoms with E-state index in [2.05, 4.69) is 44.6 Å². The van der Waals surface area contributed by atoms with Gasteiger partial charge in [-0.15, -0.1) is 5.10 Å². The molecule has 6 heteroatoms. The minimum Gasteiger partial charge on any atom is -0.439 e. The lowest BCUT2D eigenvalue weighted by molar-refractivity contribution is 0.340. The fraction of sp³-hybridized carbons (Fsp3) is 0.581. The van der Waals surface area contributed by atoms with E-state index in [4.69, 9.17) is 9.72 Å². The van der Waals surface area contributed by atoms with E-state index in [1.54, 1.807) is 0 Å². The molecule has 2 aliphatic carbocycles. The molecule has 37 heavy (non-hydrogen) atoms. The van der Waals surface area contributed by atoms with Crippen molar-refractivity contribution in [1.82, 2.24) is 25.3 Å². The average molecular weight is 500 g/mol. The SMILES string of the molecule is Cc1nnn(C2CCNCC2)c1-c1cccc(Oc2cc(C3CCCCC3)cc(C3CCCCC3)c2)n1. The van der Waals surface area contributed by atoms with Crippen molar-refractivity contribution in [3.8, 4) is 23.0 Å². The second kappa shape index (κ2) is 11.3. The van der Waals surface area contributed by atoms with Gasteiger partial charge in [0, 0.05) is 6.07 Å². The number of ether oxygens (including phenoxy) is 1. The highest BCUT2D eigenvalue weighted by atomic mass is 16.5. The Morgan fingerprint density at radius 2 is 1.46 bits per heavy atom. The molecule has 2 saturated carbocycles. The minimum absolute atomic E-state index is 0.356. The number of aryl methyl sites for hydroxylation is 1. The van der Waals surface area contributed by atoms with Crippen molar-refractivity contribution in [2.45, 2.75) is 102 Å². The summed E-state index contributed by atoms with van der Waals surface area (Å²) in [7, 11) is 0. The highest BCUT2D eigenvalue weighted by molar-refractivity contribution is 5.58. The Bertz CT molecular complexity index is 1150. The number of pyridine rings is 1. The highest BCUT2D eigenvalue weighted by Crippen LogP contribution is 2.40. The molecule has 0 atom stereocenters. The molecular formula is C31H41N5O. The molecule has 0 radical (unpaired) electrons. The zero-order valence-corrected chi connectivity index (χ0v) is 22.3. The number of aromatic nitrogens is 4. The Balaban J connectivity index is 1.30. The van der Waals surface area contributed by atoms with E-state index in [-0.39, 0.29) is 0 Å². The van der Waals surface area contributed by atoms with Crippen molar-refractivity contribution in [2.75, 3.05) is 13.1 Å². The smallest absolute Gasteiger partial charge is 0.219 e. The molecule has 2 aromatic heterocycles. The van der Waals surface area contributed by atoms with Gasteiger partial charge < -0.3 is 10.1 Å². The molecule has 1 saturated heterocycles. The van der Waals surface area contributed by atoms with Gasteiger partial charge in [-0.3, -0.25) is 0 Å². The summed E-state index contributed by atoms with van der Waals surface area (Å²) in [5, 5.41) is 12.4. The maximum atomic E-state index is 6.53. The summed E-state index contributed by atoms with van der Waals surface area (Å²) in [4.78, 5) is 4.97. The second-order valence-corrected chi connectivity index (χ2v) is 11.4. The molecule has 0 bridgehead atoms. The van der Waals surface area contributed by atoms with Crippen molar-refractivity contribution in [3.63, 3.8) is 0 Å². The molecule has 0 unspecified atom stereocenters. The molecule has 1 aliphatic heterocycles. The van der Waals surface area contributed by atoms with E-state index in [0.717, 1.165) is 48.8 Å². The predicted molar refractivity (Wildman–Crippen MR) is 147 cm³/mol. The maximum absolute atomic E-state index is 6.53. The fourth-order valence-electron chi connectivity index (χ4n) is 6.76. The predicted octanol–water partition coefficient (Wildman–Crippen LogP) is 7.46. The number of nitrogens with one attached hydrogen (secondary N) is 1. The molecule has 1 N–H and O–H groups in total. The zero-order valence-electron chi connectivity index (χ0n) is 22.3. The maximum Gasteiger partial charge on any atom is 0.219 e. The van der Waals surface area contributed by atoms with E-state index in [9.17, 15) is 0 Å². The van der Waals surface area contributed by atoms with Crippen molar-refractivity contribution in [3.05, 3.63) is 53.2 Å². The van der Waals surface area contributed by atoms with Crippen LogP contribution >= 0.6 is 0 Å². The van der Waals surface area contributed by atoms with E-state index in [0.29, 0.717) is 23.8 Å². The normalized spacial score (nSPS) is 20.2. The molecule has 196 valence electrons. The van der Waals surface area contributed by atoms with Crippen LogP contribution in [-0.4, -0.2) is 33.1 Å². The van der Waals surface area contributed by atoms with Gasteiger partial charge in [0.1, 0.15) is 11.4 Å². The Morgan fingerprint density at radius 1 is 0.811 bits per heavy atom. The zero-order chi connectivity index (χ0) is 25.0. The third kappa shape index (κ3) is 5.59. The first-order valence-corrected chi connectivity index (χ1v) is 14.7. The summed E-state index contributed by atoms with van der Waals surface area (Å²) in [6.07, 6.45) is 15.4. The first-order chi connectivity index (χ1) is 18.2. The molecule has 6 rings (SSSR count). The average Bonchev–Trinajstić information content (AvgIpc) is 3.36. The largest absolute Gasteiger partial charge is 0.439 e. The minimum atomic E-state index is 0.356. The van der Waals surface area contributed by atoms with Gasteiger partial charge in [0.2, 0.25) is 5.88 Å². The fourth-order valence-corrected chi connectivity index (χ4v) is 6.76. The lowest BCUT2D eigenvalue weighted by Crippen LogP contribution is -2.30. The standard InChI is InChI=1S/C31H41N5O/c1-22-31(36(35-34-22)27-15-17-32-18-16-27)29-13-8-14-30(33-29)37-28-20-25(23-9-4-2-5-10-23)19-26(21-28)24-11-6-3-7-12-24/h8,13-14,19-21,23-24,27,32H,2-7,9-12,15-18H2,1H3. The Kier molecular flexibility index (Phi) is 7.54. The number of piperidine rings is 1. The van der Waals surface area contributed by atoms with Gasteiger partial charge in [-0.2, -0.15) is 0 Å². The van der Waals surface area contributed by atoms with Crippen LogP contribution in [0, 0.1) is 6.92 Å². The Morgan fingerprint density at radius 3 is 2.11 bits per heavy atom. The monoisotopic (exact) mass is 499 g/mol. The van der Waals surface area contributed by atoms with Gasteiger partial charge in [0.25, 0.3) is 0 Å². The number of hydrogen-bond acceptors (Lipinski definition) is 5. The molecule has 3 fully saturated rings. The third-order valence-corrected chi connectivity index (χ3v) is 8.81. The van der Waals surface area contributed by atoms with Crippen LogP contribution < -0.4 is 10.1 Å². The first kappa shape index (κ1) is 24.6. The third-order valence-electron chi connectivity index (χ3n) is 8.81. The van der Waals surface area contributed by atoms with Crippen molar-refractivity contribution >= 4 is 0 Å². The number of benzene rings is 1. The van der Waals surface area contributed by atoms with E-state index in [1.807, 2.05) is 19.1 Å². The number of nitrogens with zero attached hydrogens (tertiary/aromatic N) is 4. The first-order valence-electron chi connectivity index (χ1n) is 14.7. The molecular weight excluding hydrogens is 458 g/mol. The highest BCUT2D eigenvalue weighted by Gasteiger charge is 2.24. The Labute approximate surface area is 221 Å². The Hall–Kier alpha value is -2.73. The van der Waals surface area contributed by atoms with Crippen LogP contribution in [0.4, 0.5) is 0 Å². The molecule has 0 spiro atoms. The van der Waals surface area contributed by atoms with E-state index >= 15 is 0 Å². The van der Waals surface area contributed by atoms with Crippen molar-refractivity contribution in [1.29, 1.82) is 0 Å². The molecule has 0 amide bonds. The van der Waals surface area contributed by atoms with Gasteiger partial charge in [-0.05, 0) is 99.7 Å². The molecule has 3 aliphatic rings. The van der Waals surface area contributed by atoms with Gasteiger partial charge in [-0.25, -0.2) is 9.67 Å². The van der Waals surface area contributed by atoms with Gasteiger partial charge in [0.15, 0.2) is 0 Å². The summed E-state index contributed by atoms with van der Waals surface area (Å²) in [5.41, 5.74) is 5.75. The van der Waals surface area contributed by atoms with Crippen LogP contribution in [0.3, 0.4) is 0 Å². The van der Waals surface area contributed by atoms with Crippen molar-refractivity contribution < 1.29 is 4.74 Å². The van der Waals surface area contributed by atoms with E-state index in [1.165, 1.54) is 75.3 Å². The van der Waals surface area contributed by atoms with Gasteiger partial charge in [0.05, 0.1) is 17.4 Å². The number of hydrogen-bond donors (Lipinski definition) is 1. The number of rotatable bonds is 6.